The molecule has 1 heteroatoms. The van der Waals surface area contributed by atoms with Crippen molar-refractivity contribution in [3.63, 3.8) is 0 Å². The molecule has 0 aromatic rings. The first-order valence-corrected chi connectivity index (χ1v) is 6.43. The lowest BCUT2D eigenvalue weighted by atomic mass is 9.83. The Morgan fingerprint density at radius 2 is 2.07 bits per heavy atom. The highest BCUT2D eigenvalue weighted by Crippen LogP contribution is 2.41. The van der Waals surface area contributed by atoms with Crippen LogP contribution in [0.1, 0.15) is 65.7 Å². The Bertz CT molecular complexity index is 155. The van der Waals surface area contributed by atoms with Crippen molar-refractivity contribution in [2.24, 2.45) is 5.41 Å². The third-order valence-electron chi connectivity index (χ3n) is 3.71. The largest absolute Gasteiger partial charge is 0.314 e. The molecule has 0 amide bonds. The van der Waals surface area contributed by atoms with Crippen LogP contribution in [0.5, 0.6) is 0 Å². The maximum Gasteiger partial charge on any atom is 0.00723 e. The Morgan fingerprint density at radius 3 is 2.71 bits per heavy atom. The fourth-order valence-electron chi connectivity index (χ4n) is 2.81. The minimum absolute atomic E-state index is 0.655. The standard InChI is InChI=1S/C13H27N/c1-4-6-7-9-13(3)10-8-12(11-13)14-5-2/h12,14H,4-11H2,1-3H3. The molecule has 0 aliphatic heterocycles. The van der Waals surface area contributed by atoms with E-state index < -0.39 is 0 Å². The Labute approximate surface area is 89.7 Å². The van der Waals surface area contributed by atoms with Gasteiger partial charge in [0.05, 0.1) is 0 Å². The van der Waals surface area contributed by atoms with Gasteiger partial charge in [-0.25, -0.2) is 0 Å². The summed E-state index contributed by atoms with van der Waals surface area (Å²) in [6.45, 7) is 8.13. The van der Waals surface area contributed by atoms with Gasteiger partial charge >= 0.3 is 0 Å². The van der Waals surface area contributed by atoms with E-state index in [4.69, 9.17) is 0 Å². The van der Waals surface area contributed by atoms with Crippen molar-refractivity contribution in [1.29, 1.82) is 0 Å². The Kier molecular flexibility index (Phi) is 4.94. The summed E-state index contributed by atoms with van der Waals surface area (Å²) in [4.78, 5) is 0. The molecule has 14 heavy (non-hydrogen) atoms. The van der Waals surface area contributed by atoms with E-state index in [1.807, 2.05) is 0 Å². The monoisotopic (exact) mass is 197 g/mol. The second kappa shape index (κ2) is 5.75. The molecule has 1 saturated carbocycles. The average Bonchev–Trinajstić information content (AvgIpc) is 2.49. The minimum Gasteiger partial charge on any atom is -0.314 e. The summed E-state index contributed by atoms with van der Waals surface area (Å²) < 4.78 is 0. The topological polar surface area (TPSA) is 12.0 Å². The lowest BCUT2D eigenvalue weighted by Gasteiger charge is -2.24. The summed E-state index contributed by atoms with van der Waals surface area (Å²) in [7, 11) is 0. The summed E-state index contributed by atoms with van der Waals surface area (Å²) >= 11 is 0. The minimum atomic E-state index is 0.655. The van der Waals surface area contributed by atoms with E-state index in [1.54, 1.807) is 0 Å². The zero-order chi connectivity index (χ0) is 10.4. The van der Waals surface area contributed by atoms with Crippen LogP contribution in [-0.4, -0.2) is 12.6 Å². The molecular formula is C13H27N. The van der Waals surface area contributed by atoms with Gasteiger partial charge in [0.25, 0.3) is 0 Å². The first-order chi connectivity index (χ1) is 6.70. The van der Waals surface area contributed by atoms with Gasteiger partial charge in [0, 0.05) is 6.04 Å². The van der Waals surface area contributed by atoms with Gasteiger partial charge < -0.3 is 5.32 Å². The third kappa shape index (κ3) is 3.61. The molecule has 1 nitrogen and oxygen atoms in total. The van der Waals surface area contributed by atoms with Gasteiger partial charge in [0.15, 0.2) is 0 Å². The molecular weight excluding hydrogens is 170 g/mol. The van der Waals surface area contributed by atoms with E-state index in [1.165, 1.54) is 44.9 Å². The van der Waals surface area contributed by atoms with Crippen LogP contribution in [0.25, 0.3) is 0 Å². The molecule has 0 aromatic heterocycles. The second-order valence-corrected chi connectivity index (χ2v) is 5.27. The van der Waals surface area contributed by atoms with Crippen molar-refractivity contribution in [2.75, 3.05) is 6.54 Å². The summed E-state index contributed by atoms with van der Waals surface area (Å²) in [5.41, 5.74) is 0.655. The second-order valence-electron chi connectivity index (χ2n) is 5.27. The van der Waals surface area contributed by atoms with Crippen LogP contribution in [0.2, 0.25) is 0 Å². The number of rotatable bonds is 6. The lowest BCUT2D eigenvalue weighted by Crippen LogP contribution is -2.27. The summed E-state index contributed by atoms with van der Waals surface area (Å²) in [6, 6.07) is 0.812. The highest BCUT2D eigenvalue weighted by Gasteiger charge is 2.33. The van der Waals surface area contributed by atoms with Gasteiger partial charge in [-0.2, -0.15) is 0 Å². The SMILES string of the molecule is CCCCCC1(C)CCC(NCC)C1. The van der Waals surface area contributed by atoms with Crippen LogP contribution in [0.4, 0.5) is 0 Å². The van der Waals surface area contributed by atoms with Crippen molar-refractivity contribution < 1.29 is 0 Å². The third-order valence-corrected chi connectivity index (χ3v) is 3.71. The zero-order valence-electron chi connectivity index (χ0n) is 10.2. The molecule has 0 radical (unpaired) electrons. The number of unbranched alkanes of at least 4 members (excludes halogenated alkanes) is 2. The molecule has 1 fully saturated rings. The van der Waals surface area contributed by atoms with E-state index in [0.717, 1.165) is 12.6 Å². The number of hydrogen-bond donors (Lipinski definition) is 1. The van der Waals surface area contributed by atoms with E-state index in [9.17, 15) is 0 Å². The van der Waals surface area contributed by atoms with E-state index in [-0.39, 0.29) is 0 Å². The predicted octanol–water partition coefficient (Wildman–Crippen LogP) is 3.74. The molecule has 0 bridgehead atoms. The molecule has 0 heterocycles. The van der Waals surface area contributed by atoms with Crippen molar-refractivity contribution in [3.05, 3.63) is 0 Å². The number of nitrogens with one attached hydrogen (secondary N) is 1. The van der Waals surface area contributed by atoms with Gasteiger partial charge in [-0.1, -0.05) is 40.0 Å². The van der Waals surface area contributed by atoms with Crippen molar-refractivity contribution >= 4 is 0 Å². The van der Waals surface area contributed by atoms with Gasteiger partial charge in [0.1, 0.15) is 0 Å². The highest BCUT2D eigenvalue weighted by molar-refractivity contribution is 4.88. The molecule has 84 valence electrons. The van der Waals surface area contributed by atoms with Crippen LogP contribution in [0, 0.1) is 5.41 Å². The molecule has 1 aliphatic rings. The van der Waals surface area contributed by atoms with Crippen LogP contribution in [0.15, 0.2) is 0 Å². The van der Waals surface area contributed by atoms with Gasteiger partial charge in [-0.05, 0) is 37.6 Å². The first-order valence-electron chi connectivity index (χ1n) is 6.43. The van der Waals surface area contributed by atoms with Crippen LogP contribution in [-0.2, 0) is 0 Å². The maximum absolute atomic E-state index is 3.59. The Balaban J connectivity index is 2.22. The fraction of sp³-hybridized carbons (Fsp3) is 1.00. The van der Waals surface area contributed by atoms with Gasteiger partial charge in [-0.3, -0.25) is 0 Å². The average molecular weight is 197 g/mol. The zero-order valence-corrected chi connectivity index (χ0v) is 10.2. The molecule has 1 aliphatic carbocycles. The summed E-state index contributed by atoms with van der Waals surface area (Å²) in [5.74, 6) is 0. The quantitative estimate of drug-likeness (QED) is 0.640. The summed E-state index contributed by atoms with van der Waals surface area (Å²) in [6.07, 6.45) is 9.90. The van der Waals surface area contributed by atoms with Crippen molar-refractivity contribution in [3.8, 4) is 0 Å². The van der Waals surface area contributed by atoms with Crippen LogP contribution >= 0.6 is 0 Å². The predicted molar refractivity (Wildman–Crippen MR) is 63.6 cm³/mol. The van der Waals surface area contributed by atoms with Crippen LogP contribution < -0.4 is 5.32 Å². The van der Waals surface area contributed by atoms with E-state index in [0.29, 0.717) is 5.41 Å². The molecule has 0 saturated heterocycles. The van der Waals surface area contributed by atoms with Crippen molar-refractivity contribution in [1.82, 2.24) is 5.32 Å². The summed E-state index contributed by atoms with van der Waals surface area (Å²) in [5, 5.41) is 3.59. The molecule has 0 aromatic carbocycles. The van der Waals surface area contributed by atoms with Crippen LogP contribution in [0.3, 0.4) is 0 Å². The van der Waals surface area contributed by atoms with E-state index in [2.05, 4.69) is 26.1 Å². The highest BCUT2D eigenvalue weighted by atomic mass is 14.9. The molecule has 1 rings (SSSR count). The number of hydrogen-bond acceptors (Lipinski definition) is 1. The van der Waals surface area contributed by atoms with E-state index >= 15 is 0 Å². The molecule has 2 atom stereocenters. The molecule has 0 spiro atoms. The van der Waals surface area contributed by atoms with Crippen molar-refractivity contribution in [2.45, 2.75) is 71.8 Å². The molecule has 1 N–H and O–H groups in total. The Morgan fingerprint density at radius 1 is 1.29 bits per heavy atom. The van der Waals surface area contributed by atoms with Gasteiger partial charge in [-0.15, -0.1) is 0 Å². The smallest absolute Gasteiger partial charge is 0.00723 e. The van der Waals surface area contributed by atoms with Gasteiger partial charge in [0.2, 0.25) is 0 Å². The molecule has 2 unspecified atom stereocenters. The normalized spacial score (nSPS) is 32.4. The first kappa shape index (κ1) is 12.0. The fourth-order valence-corrected chi connectivity index (χ4v) is 2.81. The maximum atomic E-state index is 3.59. The lowest BCUT2D eigenvalue weighted by molar-refractivity contribution is 0.287. The Hall–Kier alpha value is -0.0400.